The van der Waals surface area contributed by atoms with Gasteiger partial charge in [-0.1, -0.05) is 20.8 Å². The number of rotatable bonds is 2. The zero-order valence-electron chi connectivity index (χ0n) is 12.0. The molecule has 1 aliphatic carbocycles. The molecule has 1 N–H and O–H groups in total. The van der Waals surface area contributed by atoms with Crippen molar-refractivity contribution in [3.05, 3.63) is 0 Å². The van der Waals surface area contributed by atoms with Gasteiger partial charge in [0.05, 0.1) is 0 Å². The molecule has 1 saturated carbocycles. The maximum Gasteiger partial charge on any atom is 0.0101 e. The highest BCUT2D eigenvalue weighted by atomic mass is 15.2. The van der Waals surface area contributed by atoms with Crippen molar-refractivity contribution in [1.82, 2.24) is 10.2 Å². The first-order chi connectivity index (χ1) is 8.11. The molecule has 17 heavy (non-hydrogen) atoms. The van der Waals surface area contributed by atoms with Gasteiger partial charge in [0, 0.05) is 12.1 Å². The van der Waals surface area contributed by atoms with Gasteiger partial charge >= 0.3 is 0 Å². The van der Waals surface area contributed by atoms with E-state index in [1.165, 1.54) is 58.2 Å². The predicted octanol–water partition coefficient (Wildman–Crippen LogP) is 3.03. The quantitative estimate of drug-likeness (QED) is 0.795. The molecule has 0 amide bonds. The van der Waals surface area contributed by atoms with E-state index in [-0.39, 0.29) is 0 Å². The molecule has 100 valence electrons. The van der Waals surface area contributed by atoms with Crippen LogP contribution in [0.2, 0.25) is 0 Å². The summed E-state index contributed by atoms with van der Waals surface area (Å²) in [5, 5.41) is 3.67. The van der Waals surface area contributed by atoms with Crippen molar-refractivity contribution < 1.29 is 0 Å². The molecule has 2 rings (SSSR count). The van der Waals surface area contributed by atoms with E-state index in [2.05, 4.69) is 31.0 Å². The van der Waals surface area contributed by atoms with Gasteiger partial charge in [-0.2, -0.15) is 0 Å². The van der Waals surface area contributed by atoms with Crippen LogP contribution < -0.4 is 5.32 Å². The summed E-state index contributed by atoms with van der Waals surface area (Å²) in [4.78, 5) is 2.79. The maximum absolute atomic E-state index is 3.67. The first-order valence-electron chi connectivity index (χ1n) is 7.58. The summed E-state index contributed by atoms with van der Waals surface area (Å²) in [6.07, 6.45) is 8.21. The lowest BCUT2D eigenvalue weighted by molar-refractivity contribution is 0.163. The van der Waals surface area contributed by atoms with E-state index in [4.69, 9.17) is 0 Å². The van der Waals surface area contributed by atoms with Crippen LogP contribution in [0.25, 0.3) is 0 Å². The summed E-state index contributed by atoms with van der Waals surface area (Å²) in [7, 11) is 0. The summed E-state index contributed by atoms with van der Waals surface area (Å²) in [6, 6.07) is 1.63. The fourth-order valence-corrected chi connectivity index (χ4v) is 3.55. The van der Waals surface area contributed by atoms with Gasteiger partial charge < -0.3 is 10.2 Å². The highest BCUT2D eigenvalue weighted by Crippen LogP contribution is 2.39. The van der Waals surface area contributed by atoms with Crippen molar-refractivity contribution in [1.29, 1.82) is 0 Å². The van der Waals surface area contributed by atoms with Crippen LogP contribution in [-0.4, -0.2) is 36.6 Å². The fourth-order valence-electron chi connectivity index (χ4n) is 3.55. The summed E-state index contributed by atoms with van der Waals surface area (Å²) < 4.78 is 0. The molecule has 2 nitrogen and oxygen atoms in total. The van der Waals surface area contributed by atoms with E-state index in [9.17, 15) is 0 Å². The van der Waals surface area contributed by atoms with Gasteiger partial charge in [-0.05, 0) is 63.6 Å². The summed E-state index contributed by atoms with van der Waals surface area (Å²) in [6.45, 7) is 11.0. The number of nitrogens with one attached hydrogen (secondary N) is 1. The van der Waals surface area contributed by atoms with E-state index >= 15 is 0 Å². The summed E-state index contributed by atoms with van der Waals surface area (Å²) in [5.74, 6) is 0. The standard InChI is InChI=1S/C15H30N2/c1-4-13-7-11-17(10-5-9-16-13)14-6-8-15(2,3)12-14/h13-14,16H,4-12H2,1-3H3. The second-order valence-corrected chi connectivity index (χ2v) is 6.80. The summed E-state index contributed by atoms with van der Waals surface area (Å²) >= 11 is 0. The molecule has 0 aromatic rings. The zero-order chi connectivity index (χ0) is 12.3. The van der Waals surface area contributed by atoms with Gasteiger partial charge in [-0.3, -0.25) is 0 Å². The zero-order valence-corrected chi connectivity index (χ0v) is 12.0. The molecule has 0 spiro atoms. The number of hydrogen-bond acceptors (Lipinski definition) is 2. The molecule has 0 bridgehead atoms. The Bertz CT molecular complexity index is 237. The average molecular weight is 238 g/mol. The van der Waals surface area contributed by atoms with Gasteiger partial charge in [0.1, 0.15) is 0 Å². The fraction of sp³-hybridized carbons (Fsp3) is 1.00. The van der Waals surface area contributed by atoms with Crippen LogP contribution >= 0.6 is 0 Å². The van der Waals surface area contributed by atoms with Crippen molar-refractivity contribution in [3.8, 4) is 0 Å². The van der Waals surface area contributed by atoms with Crippen LogP contribution in [0.15, 0.2) is 0 Å². The molecule has 2 fully saturated rings. The first kappa shape index (κ1) is 13.4. The minimum Gasteiger partial charge on any atom is -0.314 e. The average Bonchev–Trinajstić information content (AvgIpc) is 2.59. The molecule has 1 saturated heterocycles. The largest absolute Gasteiger partial charge is 0.314 e. The van der Waals surface area contributed by atoms with Crippen molar-refractivity contribution in [2.45, 2.75) is 71.4 Å². The van der Waals surface area contributed by atoms with Crippen LogP contribution in [-0.2, 0) is 0 Å². The van der Waals surface area contributed by atoms with Gasteiger partial charge in [0.15, 0.2) is 0 Å². The Kier molecular flexibility index (Phi) is 4.48. The van der Waals surface area contributed by atoms with Gasteiger partial charge in [-0.25, -0.2) is 0 Å². The van der Waals surface area contributed by atoms with Crippen LogP contribution in [0.3, 0.4) is 0 Å². The monoisotopic (exact) mass is 238 g/mol. The van der Waals surface area contributed by atoms with Crippen molar-refractivity contribution in [3.63, 3.8) is 0 Å². The lowest BCUT2D eigenvalue weighted by Crippen LogP contribution is -2.43. The van der Waals surface area contributed by atoms with Crippen LogP contribution in [0, 0.1) is 5.41 Å². The van der Waals surface area contributed by atoms with E-state index in [1.54, 1.807) is 0 Å². The molecule has 0 aromatic heterocycles. The van der Waals surface area contributed by atoms with Gasteiger partial charge in [0.2, 0.25) is 0 Å². The Morgan fingerprint density at radius 3 is 2.71 bits per heavy atom. The molecular weight excluding hydrogens is 208 g/mol. The smallest absolute Gasteiger partial charge is 0.0101 e. The molecular formula is C15H30N2. The second-order valence-electron chi connectivity index (χ2n) is 6.80. The van der Waals surface area contributed by atoms with Crippen LogP contribution in [0.4, 0.5) is 0 Å². The Morgan fingerprint density at radius 1 is 1.24 bits per heavy atom. The second kappa shape index (κ2) is 5.71. The highest BCUT2D eigenvalue weighted by molar-refractivity contribution is 4.89. The third kappa shape index (κ3) is 3.69. The third-order valence-corrected chi connectivity index (χ3v) is 4.77. The molecule has 2 atom stereocenters. The van der Waals surface area contributed by atoms with Crippen molar-refractivity contribution in [2.24, 2.45) is 5.41 Å². The highest BCUT2D eigenvalue weighted by Gasteiger charge is 2.34. The van der Waals surface area contributed by atoms with E-state index in [1.807, 2.05) is 0 Å². The van der Waals surface area contributed by atoms with Crippen LogP contribution in [0.1, 0.15) is 59.3 Å². The maximum atomic E-state index is 3.67. The Hall–Kier alpha value is -0.0800. The minimum absolute atomic E-state index is 0.593. The Morgan fingerprint density at radius 2 is 2.06 bits per heavy atom. The Balaban J connectivity index is 1.87. The molecule has 2 unspecified atom stereocenters. The third-order valence-electron chi connectivity index (χ3n) is 4.77. The molecule has 2 aliphatic rings. The van der Waals surface area contributed by atoms with Crippen molar-refractivity contribution >= 4 is 0 Å². The minimum atomic E-state index is 0.593. The number of hydrogen-bond donors (Lipinski definition) is 1. The van der Waals surface area contributed by atoms with Crippen LogP contribution in [0.5, 0.6) is 0 Å². The number of nitrogens with zero attached hydrogens (tertiary/aromatic N) is 1. The molecule has 1 aliphatic heterocycles. The molecule has 0 aromatic carbocycles. The van der Waals surface area contributed by atoms with Gasteiger partial charge in [-0.15, -0.1) is 0 Å². The lowest BCUT2D eigenvalue weighted by atomic mass is 9.91. The van der Waals surface area contributed by atoms with E-state index < -0.39 is 0 Å². The first-order valence-corrected chi connectivity index (χ1v) is 7.58. The van der Waals surface area contributed by atoms with E-state index in [0.29, 0.717) is 5.41 Å². The molecule has 1 heterocycles. The summed E-state index contributed by atoms with van der Waals surface area (Å²) in [5.41, 5.74) is 0.593. The molecule has 2 heteroatoms. The van der Waals surface area contributed by atoms with Gasteiger partial charge in [0.25, 0.3) is 0 Å². The normalized spacial score (nSPS) is 35.5. The Labute approximate surface area is 107 Å². The van der Waals surface area contributed by atoms with E-state index in [0.717, 1.165) is 12.1 Å². The topological polar surface area (TPSA) is 15.3 Å². The lowest BCUT2D eigenvalue weighted by Gasteiger charge is -2.33. The molecule has 0 radical (unpaired) electrons. The SMILES string of the molecule is CCC1CCN(C2CCC(C)(C)C2)CCCN1. The van der Waals surface area contributed by atoms with Crippen molar-refractivity contribution in [2.75, 3.05) is 19.6 Å². The predicted molar refractivity (Wildman–Crippen MR) is 74.3 cm³/mol.